The van der Waals surface area contributed by atoms with Crippen LogP contribution in [0.3, 0.4) is 0 Å². The maximum atomic E-state index is 12.6. The van der Waals surface area contributed by atoms with Crippen molar-refractivity contribution < 1.29 is 14.3 Å². The number of methoxy groups -OCH3 is 1. The molecule has 0 bridgehead atoms. The Labute approximate surface area is 125 Å². The topological polar surface area (TPSA) is 67.4 Å². The molecule has 1 fully saturated rings. The Hall–Kier alpha value is -1.88. The molecule has 21 heavy (non-hydrogen) atoms. The molecule has 2 rings (SSSR count). The number of hydrogen-bond acceptors (Lipinski definition) is 4. The van der Waals surface area contributed by atoms with Crippen LogP contribution in [0.4, 0.5) is 0 Å². The van der Waals surface area contributed by atoms with Crippen LogP contribution in [-0.2, 0) is 14.3 Å². The molecule has 0 aliphatic carbocycles. The monoisotopic (exact) mass is 290 g/mol. The summed E-state index contributed by atoms with van der Waals surface area (Å²) >= 11 is 0. The normalized spacial score (nSPS) is 22.6. The fourth-order valence-electron chi connectivity index (χ4n) is 2.77. The molecule has 0 saturated carbocycles. The van der Waals surface area contributed by atoms with E-state index in [0.717, 1.165) is 24.9 Å². The van der Waals surface area contributed by atoms with Gasteiger partial charge < -0.3 is 15.4 Å². The van der Waals surface area contributed by atoms with E-state index in [0.29, 0.717) is 6.42 Å². The number of nitrogens with one attached hydrogen (secondary N) is 2. The summed E-state index contributed by atoms with van der Waals surface area (Å²) in [5, 5.41) is 6.11. The van der Waals surface area contributed by atoms with Crippen molar-refractivity contribution in [1.29, 1.82) is 0 Å². The molecule has 0 radical (unpaired) electrons. The Morgan fingerprint density at radius 3 is 2.62 bits per heavy atom. The van der Waals surface area contributed by atoms with Crippen LogP contribution in [0.15, 0.2) is 30.3 Å². The summed E-state index contributed by atoms with van der Waals surface area (Å²) in [6.45, 7) is 2.81. The quantitative estimate of drug-likeness (QED) is 0.807. The van der Waals surface area contributed by atoms with Gasteiger partial charge in [0.25, 0.3) is 0 Å². The predicted molar refractivity (Wildman–Crippen MR) is 79.6 cm³/mol. The smallest absolute Gasteiger partial charge is 0.333 e. The summed E-state index contributed by atoms with van der Waals surface area (Å²) in [5.74, 6) is -0.597. The second-order valence-electron chi connectivity index (χ2n) is 5.31. The lowest BCUT2D eigenvalue weighted by Crippen LogP contribution is -2.54. The van der Waals surface area contributed by atoms with E-state index in [1.54, 1.807) is 0 Å². The Balaban J connectivity index is 2.19. The molecule has 2 N–H and O–H groups in total. The van der Waals surface area contributed by atoms with Gasteiger partial charge in [0.05, 0.1) is 12.6 Å². The van der Waals surface area contributed by atoms with Crippen molar-refractivity contribution in [3.8, 4) is 0 Å². The highest BCUT2D eigenvalue weighted by atomic mass is 16.5. The minimum absolute atomic E-state index is 0.137. The van der Waals surface area contributed by atoms with Crippen LogP contribution in [0.1, 0.15) is 37.8 Å². The molecule has 1 aromatic rings. The Morgan fingerprint density at radius 2 is 2.10 bits per heavy atom. The third kappa shape index (κ3) is 3.24. The van der Waals surface area contributed by atoms with E-state index in [9.17, 15) is 9.59 Å². The number of esters is 1. The first kappa shape index (κ1) is 15.5. The largest absolute Gasteiger partial charge is 0.467 e. The van der Waals surface area contributed by atoms with E-state index in [4.69, 9.17) is 4.74 Å². The van der Waals surface area contributed by atoms with Crippen LogP contribution in [0.5, 0.6) is 0 Å². The average molecular weight is 290 g/mol. The summed E-state index contributed by atoms with van der Waals surface area (Å²) < 4.78 is 4.82. The molecule has 5 nitrogen and oxygen atoms in total. The van der Waals surface area contributed by atoms with Crippen molar-refractivity contribution in [2.24, 2.45) is 0 Å². The lowest BCUT2D eigenvalue weighted by Gasteiger charge is -2.29. The van der Waals surface area contributed by atoms with Crippen molar-refractivity contribution in [2.75, 3.05) is 13.7 Å². The average Bonchev–Trinajstić information content (AvgIpc) is 3.02. The Bertz CT molecular complexity index is 496. The van der Waals surface area contributed by atoms with E-state index < -0.39 is 17.6 Å². The van der Waals surface area contributed by atoms with Crippen molar-refractivity contribution in [3.63, 3.8) is 0 Å². The zero-order valence-electron chi connectivity index (χ0n) is 12.5. The van der Waals surface area contributed by atoms with Gasteiger partial charge in [-0.15, -0.1) is 0 Å². The van der Waals surface area contributed by atoms with Crippen LogP contribution in [-0.4, -0.2) is 31.1 Å². The molecule has 2 unspecified atom stereocenters. The van der Waals surface area contributed by atoms with E-state index in [1.807, 2.05) is 37.3 Å². The summed E-state index contributed by atoms with van der Waals surface area (Å²) in [4.78, 5) is 24.6. The van der Waals surface area contributed by atoms with Gasteiger partial charge in [0.15, 0.2) is 6.04 Å². The zero-order valence-corrected chi connectivity index (χ0v) is 12.5. The van der Waals surface area contributed by atoms with Gasteiger partial charge in [0, 0.05) is 0 Å². The first-order valence-corrected chi connectivity index (χ1v) is 7.32. The number of amides is 1. The van der Waals surface area contributed by atoms with Crippen molar-refractivity contribution in [3.05, 3.63) is 35.9 Å². The molecule has 114 valence electrons. The highest BCUT2D eigenvalue weighted by molar-refractivity contribution is 5.91. The molecule has 1 aromatic carbocycles. The molecular formula is C16H22N2O3. The summed E-state index contributed by atoms with van der Waals surface area (Å²) in [6.07, 6.45) is 2.45. The van der Waals surface area contributed by atoms with Crippen LogP contribution < -0.4 is 10.6 Å². The number of carbonyl (C=O) groups is 2. The van der Waals surface area contributed by atoms with Gasteiger partial charge in [-0.05, 0) is 31.4 Å². The first-order valence-electron chi connectivity index (χ1n) is 7.32. The van der Waals surface area contributed by atoms with Gasteiger partial charge in [-0.3, -0.25) is 4.79 Å². The maximum Gasteiger partial charge on any atom is 0.333 e. The standard InChI is InChI=1S/C16H22N2O3/c1-3-16(10-7-11-17-16)15(20)18-13(14(19)21-2)12-8-5-4-6-9-12/h4-6,8-9,13,17H,3,7,10-11H2,1-2H3,(H,18,20). The molecule has 1 aliphatic rings. The third-order valence-electron chi connectivity index (χ3n) is 4.13. The zero-order chi connectivity index (χ0) is 15.3. The summed E-state index contributed by atoms with van der Waals surface area (Å²) in [6, 6.07) is 8.38. The molecule has 0 aromatic heterocycles. The maximum absolute atomic E-state index is 12.6. The second kappa shape index (κ2) is 6.72. The molecule has 1 amide bonds. The van der Waals surface area contributed by atoms with Crippen molar-refractivity contribution >= 4 is 11.9 Å². The van der Waals surface area contributed by atoms with Gasteiger partial charge in [-0.1, -0.05) is 37.3 Å². The van der Waals surface area contributed by atoms with Crippen LogP contribution in [0, 0.1) is 0 Å². The third-order valence-corrected chi connectivity index (χ3v) is 4.13. The molecule has 1 saturated heterocycles. The molecule has 1 heterocycles. The van der Waals surface area contributed by atoms with Gasteiger partial charge in [-0.2, -0.15) is 0 Å². The van der Waals surface area contributed by atoms with Gasteiger partial charge in [0.1, 0.15) is 0 Å². The Kier molecular flexibility index (Phi) is 4.96. The highest BCUT2D eigenvalue weighted by Crippen LogP contribution is 2.25. The molecule has 5 heteroatoms. The molecular weight excluding hydrogens is 268 g/mol. The van der Waals surface area contributed by atoms with Gasteiger partial charge in [0.2, 0.25) is 5.91 Å². The number of carbonyl (C=O) groups excluding carboxylic acids is 2. The lowest BCUT2D eigenvalue weighted by atomic mass is 9.92. The number of benzene rings is 1. The predicted octanol–water partition coefficient (Wildman–Crippen LogP) is 1.55. The molecule has 2 atom stereocenters. The molecule has 0 spiro atoms. The van der Waals surface area contributed by atoms with Gasteiger partial charge in [-0.25, -0.2) is 4.79 Å². The minimum Gasteiger partial charge on any atom is -0.467 e. The number of rotatable bonds is 5. The molecule has 1 aliphatic heterocycles. The fourth-order valence-corrected chi connectivity index (χ4v) is 2.77. The highest BCUT2D eigenvalue weighted by Gasteiger charge is 2.41. The summed E-state index contributed by atoms with van der Waals surface area (Å²) in [7, 11) is 1.33. The van der Waals surface area contributed by atoms with Crippen LogP contribution in [0.25, 0.3) is 0 Å². The first-order chi connectivity index (χ1) is 10.1. The lowest BCUT2D eigenvalue weighted by molar-refractivity contribution is -0.146. The minimum atomic E-state index is -0.769. The fraction of sp³-hybridized carbons (Fsp3) is 0.500. The van der Waals surface area contributed by atoms with E-state index in [1.165, 1.54) is 7.11 Å². The van der Waals surface area contributed by atoms with E-state index >= 15 is 0 Å². The van der Waals surface area contributed by atoms with E-state index in [-0.39, 0.29) is 5.91 Å². The van der Waals surface area contributed by atoms with Gasteiger partial charge >= 0.3 is 5.97 Å². The van der Waals surface area contributed by atoms with Crippen LogP contribution in [0.2, 0.25) is 0 Å². The number of ether oxygens (including phenoxy) is 1. The second-order valence-corrected chi connectivity index (χ2v) is 5.31. The number of hydrogen-bond donors (Lipinski definition) is 2. The summed E-state index contributed by atoms with van der Waals surface area (Å²) in [5.41, 5.74) is 0.156. The Morgan fingerprint density at radius 1 is 1.38 bits per heavy atom. The van der Waals surface area contributed by atoms with E-state index in [2.05, 4.69) is 10.6 Å². The SMILES string of the molecule is CCC1(C(=O)NC(C(=O)OC)c2ccccc2)CCCN1. The van der Waals surface area contributed by atoms with Crippen molar-refractivity contribution in [1.82, 2.24) is 10.6 Å². The van der Waals surface area contributed by atoms with Crippen LogP contribution >= 0.6 is 0 Å². The van der Waals surface area contributed by atoms with Crippen molar-refractivity contribution in [2.45, 2.75) is 37.8 Å².